The van der Waals surface area contributed by atoms with Crippen LogP contribution in [0.5, 0.6) is 11.5 Å². The highest BCUT2D eigenvalue weighted by atomic mass is 16.5. The van der Waals surface area contributed by atoms with Crippen molar-refractivity contribution in [1.29, 1.82) is 0 Å². The summed E-state index contributed by atoms with van der Waals surface area (Å²) in [5, 5.41) is 21.1. The fourth-order valence-corrected chi connectivity index (χ4v) is 2.16. The number of amides is 1. The van der Waals surface area contributed by atoms with Gasteiger partial charge in [-0.25, -0.2) is 4.79 Å². The second-order valence-corrected chi connectivity index (χ2v) is 6.65. The summed E-state index contributed by atoms with van der Waals surface area (Å²) in [5.74, 6) is -1.32. The second kappa shape index (κ2) is 7.25. The molecule has 0 fully saturated rings. The summed E-state index contributed by atoms with van der Waals surface area (Å²) in [6, 6.07) is 11.1. The number of hydrogen-bond donors (Lipinski definition) is 3. The number of phenolic OH excluding ortho intramolecular Hbond substituents is 1. The maximum atomic E-state index is 12.0. The molecule has 2 aromatic carbocycles. The van der Waals surface area contributed by atoms with E-state index in [1.54, 1.807) is 12.1 Å². The van der Waals surface area contributed by atoms with Crippen LogP contribution in [-0.4, -0.2) is 28.7 Å². The number of aromatic hydroxyl groups is 1. The zero-order valence-corrected chi connectivity index (χ0v) is 14.4. The van der Waals surface area contributed by atoms with Crippen LogP contribution in [0.15, 0.2) is 42.5 Å². The molecule has 0 radical (unpaired) electrons. The van der Waals surface area contributed by atoms with Gasteiger partial charge in [-0.1, -0.05) is 32.9 Å². The molecule has 0 aliphatic heterocycles. The van der Waals surface area contributed by atoms with Gasteiger partial charge in [0.25, 0.3) is 5.91 Å². The fraction of sp³-hybridized carbons (Fsp3) is 0.263. The maximum Gasteiger partial charge on any atom is 0.335 e. The third kappa shape index (κ3) is 4.97. The standard InChI is InChI=1S/C19H21NO5/c1-19(2,3)13-5-7-14(8-6-13)25-11-17(22)20-15-10-12(18(23)24)4-9-16(15)21/h4-10,21H,11H2,1-3H3,(H,20,22)(H,23,24). The molecule has 0 aromatic heterocycles. The van der Waals surface area contributed by atoms with Crippen molar-refractivity contribution in [3.63, 3.8) is 0 Å². The van der Waals surface area contributed by atoms with Crippen LogP contribution in [0.3, 0.4) is 0 Å². The van der Waals surface area contributed by atoms with E-state index in [1.165, 1.54) is 18.2 Å². The number of nitrogens with one attached hydrogen (secondary N) is 1. The fourth-order valence-electron chi connectivity index (χ4n) is 2.16. The predicted molar refractivity (Wildman–Crippen MR) is 94.3 cm³/mol. The van der Waals surface area contributed by atoms with E-state index in [1.807, 2.05) is 12.1 Å². The molecule has 0 spiro atoms. The number of carboxylic acids is 1. The van der Waals surface area contributed by atoms with E-state index in [0.717, 1.165) is 5.56 Å². The lowest BCUT2D eigenvalue weighted by Crippen LogP contribution is -2.20. The van der Waals surface area contributed by atoms with E-state index in [-0.39, 0.29) is 29.0 Å². The topological polar surface area (TPSA) is 95.9 Å². The van der Waals surface area contributed by atoms with Crippen LogP contribution in [0.4, 0.5) is 5.69 Å². The Morgan fingerprint density at radius 1 is 1.08 bits per heavy atom. The minimum atomic E-state index is -1.15. The van der Waals surface area contributed by atoms with Crippen molar-refractivity contribution < 1.29 is 24.5 Å². The summed E-state index contributed by atoms with van der Waals surface area (Å²) in [7, 11) is 0. The molecule has 0 aliphatic rings. The van der Waals surface area contributed by atoms with Crippen LogP contribution in [0.2, 0.25) is 0 Å². The van der Waals surface area contributed by atoms with E-state index < -0.39 is 11.9 Å². The van der Waals surface area contributed by atoms with Gasteiger partial charge in [-0.15, -0.1) is 0 Å². The number of benzene rings is 2. The Morgan fingerprint density at radius 3 is 2.28 bits per heavy atom. The molecular weight excluding hydrogens is 322 g/mol. The number of ether oxygens (including phenoxy) is 1. The molecule has 2 rings (SSSR count). The molecule has 6 heteroatoms. The maximum absolute atomic E-state index is 12.0. The molecular formula is C19H21NO5. The minimum Gasteiger partial charge on any atom is -0.506 e. The number of hydrogen-bond acceptors (Lipinski definition) is 4. The zero-order chi connectivity index (χ0) is 18.6. The van der Waals surface area contributed by atoms with Gasteiger partial charge in [0.2, 0.25) is 0 Å². The first-order valence-electron chi connectivity index (χ1n) is 7.76. The van der Waals surface area contributed by atoms with Crippen LogP contribution < -0.4 is 10.1 Å². The van der Waals surface area contributed by atoms with Crippen molar-refractivity contribution >= 4 is 17.6 Å². The van der Waals surface area contributed by atoms with E-state index in [9.17, 15) is 14.7 Å². The van der Waals surface area contributed by atoms with Gasteiger partial charge in [-0.05, 0) is 41.3 Å². The van der Waals surface area contributed by atoms with Crippen LogP contribution in [0, 0.1) is 0 Å². The smallest absolute Gasteiger partial charge is 0.335 e. The Hall–Kier alpha value is -3.02. The van der Waals surface area contributed by atoms with Gasteiger partial charge < -0.3 is 20.3 Å². The van der Waals surface area contributed by atoms with Gasteiger partial charge in [0, 0.05) is 0 Å². The van der Waals surface area contributed by atoms with Crippen molar-refractivity contribution in [2.75, 3.05) is 11.9 Å². The first-order valence-corrected chi connectivity index (χ1v) is 7.76. The number of aromatic carboxylic acids is 1. The van der Waals surface area contributed by atoms with Gasteiger partial charge in [-0.3, -0.25) is 4.79 Å². The summed E-state index contributed by atoms with van der Waals surface area (Å²) in [5.41, 5.74) is 1.17. The average Bonchev–Trinajstić information content (AvgIpc) is 2.54. The van der Waals surface area contributed by atoms with Crippen molar-refractivity contribution in [3.8, 4) is 11.5 Å². The van der Waals surface area contributed by atoms with Gasteiger partial charge in [-0.2, -0.15) is 0 Å². The van der Waals surface area contributed by atoms with Crippen LogP contribution >= 0.6 is 0 Å². The number of anilines is 1. The molecule has 0 aliphatic carbocycles. The number of rotatable bonds is 5. The van der Waals surface area contributed by atoms with E-state index in [2.05, 4.69) is 26.1 Å². The Balaban J connectivity index is 1.97. The highest BCUT2D eigenvalue weighted by Crippen LogP contribution is 2.25. The molecule has 0 atom stereocenters. The van der Waals surface area contributed by atoms with E-state index in [0.29, 0.717) is 5.75 Å². The summed E-state index contributed by atoms with van der Waals surface area (Å²) >= 11 is 0. The number of carbonyl (C=O) groups is 2. The minimum absolute atomic E-state index is 0.0246. The summed E-state index contributed by atoms with van der Waals surface area (Å²) in [6.07, 6.45) is 0. The number of carbonyl (C=O) groups excluding carboxylic acids is 1. The van der Waals surface area contributed by atoms with E-state index >= 15 is 0 Å². The zero-order valence-electron chi connectivity index (χ0n) is 14.4. The molecule has 0 saturated carbocycles. The van der Waals surface area contributed by atoms with Crippen molar-refractivity contribution in [3.05, 3.63) is 53.6 Å². The van der Waals surface area contributed by atoms with Crippen molar-refractivity contribution in [2.45, 2.75) is 26.2 Å². The highest BCUT2D eigenvalue weighted by molar-refractivity contribution is 5.96. The third-order valence-corrected chi connectivity index (χ3v) is 3.61. The molecule has 1 amide bonds. The molecule has 2 aromatic rings. The van der Waals surface area contributed by atoms with Crippen molar-refractivity contribution in [2.24, 2.45) is 0 Å². The Bertz CT molecular complexity index is 775. The van der Waals surface area contributed by atoms with Crippen molar-refractivity contribution in [1.82, 2.24) is 0 Å². The van der Waals surface area contributed by atoms with Crippen LogP contribution in [-0.2, 0) is 10.2 Å². The SMILES string of the molecule is CC(C)(C)c1ccc(OCC(=O)Nc2cc(C(=O)O)ccc2O)cc1. The first kappa shape index (κ1) is 18.3. The molecule has 3 N–H and O–H groups in total. The molecule has 25 heavy (non-hydrogen) atoms. The molecule has 0 saturated heterocycles. The van der Waals surface area contributed by atoms with Gasteiger partial charge >= 0.3 is 5.97 Å². The van der Waals surface area contributed by atoms with Gasteiger partial charge in [0.15, 0.2) is 6.61 Å². The highest BCUT2D eigenvalue weighted by Gasteiger charge is 2.14. The van der Waals surface area contributed by atoms with E-state index in [4.69, 9.17) is 9.84 Å². The largest absolute Gasteiger partial charge is 0.506 e. The molecule has 0 unspecified atom stereocenters. The predicted octanol–water partition coefficient (Wildman–Crippen LogP) is 3.41. The molecule has 0 heterocycles. The van der Waals surface area contributed by atoms with Gasteiger partial charge in [0.05, 0.1) is 11.3 Å². The molecule has 6 nitrogen and oxygen atoms in total. The molecule has 132 valence electrons. The second-order valence-electron chi connectivity index (χ2n) is 6.65. The summed E-state index contributed by atoms with van der Waals surface area (Å²) in [6.45, 7) is 6.06. The Morgan fingerprint density at radius 2 is 1.72 bits per heavy atom. The van der Waals surface area contributed by atoms with Gasteiger partial charge in [0.1, 0.15) is 11.5 Å². The van der Waals surface area contributed by atoms with Crippen LogP contribution in [0.1, 0.15) is 36.7 Å². The summed E-state index contributed by atoms with van der Waals surface area (Å²) in [4.78, 5) is 22.9. The summed E-state index contributed by atoms with van der Waals surface area (Å²) < 4.78 is 5.42. The third-order valence-electron chi connectivity index (χ3n) is 3.61. The lowest BCUT2D eigenvalue weighted by Gasteiger charge is -2.19. The number of carboxylic acid groups (broad SMARTS) is 1. The lowest BCUT2D eigenvalue weighted by molar-refractivity contribution is -0.118. The number of phenols is 1. The Labute approximate surface area is 146 Å². The average molecular weight is 343 g/mol. The van der Waals surface area contributed by atoms with Crippen LogP contribution in [0.25, 0.3) is 0 Å². The monoisotopic (exact) mass is 343 g/mol. The molecule has 0 bridgehead atoms. The quantitative estimate of drug-likeness (QED) is 0.723. The first-order chi connectivity index (χ1) is 11.7. The Kier molecular flexibility index (Phi) is 5.32. The normalized spacial score (nSPS) is 11.0. The lowest BCUT2D eigenvalue weighted by atomic mass is 9.87.